The topological polar surface area (TPSA) is 44.4 Å². The van der Waals surface area contributed by atoms with Crippen LogP contribution in [0.3, 0.4) is 0 Å². The molecule has 2 aliphatic rings. The van der Waals surface area contributed by atoms with E-state index in [-0.39, 0.29) is 24.4 Å². The minimum Gasteiger partial charge on any atom is -0.334 e. The smallest absolute Gasteiger partial charge is 0.318 e. The van der Waals surface area contributed by atoms with Crippen LogP contribution in [0, 0.1) is 5.82 Å². The maximum Gasteiger partial charge on any atom is 0.318 e. The van der Waals surface area contributed by atoms with Gasteiger partial charge < -0.3 is 15.5 Å². The van der Waals surface area contributed by atoms with Gasteiger partial charge in [-0.25, -0.2) is 9.18 Å². The molecular weight excluding hydrogens is 305 g/mol. The van der Waals surface area contributed by atoms with E-state index in [1.54, 1.807) is 12.1 Å². The monoisotopic (exact) mass is 325 g/mol. The Labute approximate surface area is 135 Å². The molecule has 0 spiro atoms. The summed E-state index contributed by atoms with van der Waals surface area (Å²) in [5.41, 5.74) is 0.454. The van der Waals surface area contributed by atoms with Gasteiger partial charge in [0.15, 0.2) is 0 Å². The van der Waals surface area contributed by atoms with Gasteiger partial charge in [0.2, 0.25) is 0 Å². The molecule has 1 unspecified atom stereocenters. The molecule has 6 heteroatoms. The average Bonchev–Trinajstić information content (AvgIpc) is 3.32. The second kappa shape index (κ2) is 6.84. The van der Waals surface area contributed by atoms with Gasteiger partial charge in [-0.2, -0.15) is 0 Å². The lowest BCUT2D eigenvalue weighted by Crippen LogP contribution is -2.52. The summed E-state index contributed by atoms with van der Waals surface area (Å²) < 4.78 is 13.8. The minimum absolute atomic E-state index is 0.0921. The molecule has 120 valence electrons. The zero-order chi connectivity index (χ0) is 15.5. The van der Waals surface area contributed by atoms with Crippen LogP contribution in [0.2, 0.25) is 5.02 Å². The normalized spacial score (nSPS) is 21.5. The first-order valence-corrected chi connectivity index (χ1v) is 8.24. The van der Waals surface area contributed by atoms with E-state index in [0.717, 1.165) is 38.8 Å². The summed E-state index contributed by atoms with van der Waals surface area (Å²) in [5.74, 6) is -0.384. The van der Waals surface area contributed by atoms with Gasteiger partial charge in [-0.1, -0.05) is 17.7 Å². The SMILES string of the molecule is O=C(NCc1ccc(Cl)cc1F)N(C1CC1)C1CCCNC1. The number of nitrogens with zero attached hydrogens (tertiary/aromatic N) is 1. The number of amides is 2. The van der Waals surface area contributed by atoms with E-state index in [1.807, 2.05) is 4.90 Å². The Bertz CT molecular complexity index is 544. The van der Waals surface area contributed by atoms with Gasteiger partial charge in [-0.05, 0) is 44.4 Å². The average molecular weight is 326 g/mol. The highest BCUT2D eigenvalue weighted by Crippen LogP contribution is 2.30. The molecule has 1 aliphatic heterocycles. The molecule has 1 saturated heterocycles. The van der Waals surface area contributed by atoms with Crippen LogP contribution in [0.5, 0.6) is 0 Å². The number of piperidine rings is 1. The third-order valence-electron chi connectivity index (χ3n) is 4.28. The molecule has 3 rings (SSSR count). The van der Waals surface area contributed by atoms with Crippen molar-refractivity contribution in [1.29, 1.82) is 0 Å². The summed E-state index contributed by atoms with van der Waals surface area (Å²) in [4.78, 5) is 14.5. The number of rotatable bonds is 4. The summed E-state index contributed by atoms with van der Waals surface area (Å²) in [5, 5.41) is 6.56. The molecule has 2 fully saturated rings. The van der Waals surface area contributed by atoms with Crippen molar-refractivity contribution in [3.05, 3.63) is 34.6 Å². The fourth-order valence-corrected chi connectivity index (χ4v) is 3.14. The van der Waals surface area contributed by atoms with E-state index in [4.69, 9.17) is 11.6 Å². The van der Waals surface area contributed by atoms with Crippen LogP contribution < -0.4 is 10.6 Å². The largest absolute Gasteiger partial charge is 0.334 e. The molecule has 0 radical (unpaired) electrons. The van der Waals surface area contributed by atoms with Crippen molar-refractivity contribution < 1.29 is 9.18 Å². The first kappa shape index (κ1) is 15.6. The maximum atomic E-state index is 13.8. The van der Waals surface area contributed by atoms with Crippen molar-refractivity contribution in [2.75, 3.05) is 13.1 Å². The quantitative estimate of drug-likeness (QED) is 0.894. The lowest BCUT2D eigenvalue weighted by molar-refractivity contribution is 0.155. The summed E-state index contributed by atoms with van der Waals surface area (Å²) in [6.45, 7) is 2.05. The standard InChI is InChI=1S/C16H21ClFN3O/c17-12-4-3-11(15(18)8-12)9-20-16(22)21(13-5-6-13)14-2-1-7-19-10-14/h3-4,8,13-14,19H,1-2,5-7,9-10H2,(H,20,22). The second-order valence-electron chi connectivity index (χ2n) is 6.03. The van der Waals surface area contributed by atoms with Gasteiger partial charge in [0.25, 0.3) is 0 Å². The molecule has 4 nitrogen and oxygen atoms in total. The summed E-state index contributed by atoms with van der Waals surface area (Å²) in [7, 11) is 0. The molecule has 0 bridgehead atoms. The predicted octanol–water partition coefficient (Wildman–Crippen LogP) is 2.91. The zero-order valence-corrected chi connectivity index (χ0v) is 13.2. The van der Waals surface area contributed by atoms with Gasteiger partial charge >= 0.3 is 6.03 Å². The van der Waals surface area contributed by atoms with E-state index in [0.29, 0.717) is 16.6 Å². The number of carbonyl (C=O) groups is 1. The van der Waals surface area contributed by atoms with Crippen molar-refractivity contribution in [2.45, 2.75) is 44.3 Å². The Balaban J connectivity index is 1.61. The van der Waals surface area contributed by atoms with Gasteiger partial charge in [-0.3, -0.25) is 0 Å². The Hall–Kier alpha value is -1.33. The Morgan fingerprint density at radius 3 is 2.82 bits per heavy atom. The highest BCUT2D eigenvalue weighted by Gasteiger charge is 2.37. The van der Waals surface area contributed by atoms with Crippen LogP contribution in [0.1, 0.15) is 31.2 Å². The lowest BCUT2D eigenvalue weighted by Gasteiger charge is -2.35. The molecule has 2 N–H and O–H groups in total. The first-order chi connectivity index (χ1) is 10.6. The van der Waals surface area contributed by atoms with Crippen LogP contribution in [-0.2, 0) is 6.54 Å². The number of benzene rings is 1. The van der Waals surface area contributed by atoms with Gasteiger partial charge in [0.1, 0.15) is 5.82 Å². The Morgan fingerprint density at radius 2 is 2.18 bits per heavy atom. The van der Waals surface area contributed by atoms with Gasteiger partial charge in [0.05, 0.1) is 0 Å². The first-order valence-electron chi connectivity index (χ1n) is 7.86. The van der Waals surface area contributed by atoms with E-state index in [1.165, 1.54) is 6.07 Å². The van der Waals surface area contributed by atoms with Crippen LogP contribution >= 0.6 is 11.6 Å². The highest BCUT2D eigenvalue weighted by molar-refractivity contribution is 6.30. The van der Waals surface area contributed by atoms with E-state index < -0.39 is 0 Å². The van der Waals surface area contributed by atoms with Crippen molar-refractivity contribution >= 4 is 17.6 Å². The molecule has 0 aromatic heterocycles. The number of hydrogen-bond donors (Lipinski definition) is 2. The molecule has 1 aliphatic carbocycles. The van der Waals surface area contributed by atoms with Crippen LogP contribution in [0.25, 0.3) is 0 Å². The summed E-state index contributed by atoms with van der Waals surface area (Å²) in [6.07, 6.45) is 4.26. The summed E-state index contributed by atoms with van der Waals surface area (Å²) in [6, 6.07) is 5.02. The van der Waals surface area contributed by atoms with E-state index in [2.05, 4.69) is 10.6 Å². The van der Waals surface area contributed by atoms with Crippen molar-refractivity contribution in [2.24, 2.45) is 0 Å². The van der Waals surface area contributed by atoms with Crippen LogP contribution in [0.4, 0.5) is 9.18 Å². The summed E-state index contributed by atoms with van der Waals surface area (Å²) >= 11 is 5.74. The molecule has 22 heavy (non-hydrogen) atoms. The fraction of sp³-hybridized carbons (Fsp3) is 0.562. The third-order valence-corrected chi connectivity index (χ3v) is 4.52. The molecule has 1 saturated carbocycles. The second-order valence-corrected chi connectivity index (χ2v) is 6.47. The van der Waals surface area contributed by atoms with Crippen molar-refractivity contribution in [1.82, 2.24) is 15.5 Å². The highest BCUT2D eigenvalue weighted by atomic mass is 35.5. The number of halogens is 2. The third kappa shape index (κ3) is 3.70. The molecule has 1 atom stereocenters. The van der Waals surface area contributed by atoms with Crippen molar-refractivity contribution in [3.63, 3.8) is 0 Å². The molecule has 1 heterocycles. The molecule has 1 aromatic rings. The van der Waals surface area contributed by atoms with E-state index in [9.17, 15) is 9.18 Å². The molecular formula is C16H21ClFN3O. The maximum absolute atomic E-state index is 13.8. The fourth-order valence-electron chi connectivity index (χ4n) is 2.98. The van der Waals surface area contributed by atoms with Crippen LogP contribution in [-0.4, -0.2) is 36.1 Å². The lowest BCUT2D eigenvalue weighted by atomic mass is 10.1. The number of hydrogen-bond acceptors (Lipinski definition) is 2. The number of carbonyl (C=O) groups excluding carboxylic acids is 1. The Morgan fingerprint density at radius 1 is 1.36 bits per heavy atom. The van der Waals surface area contributed by atoms with E-state index >= 15 is 0 Å². The van der Waals surface area contributed by atoms with Gasteiger partial charge in [0, 0.05) is 35.8 Å². The molecule has 2 amide bonds. The van der Waals surface area contributed by atoms with Crippen molar-refractivity contribution in [3.8, 4) is 0 Å². The number of nitrogens with one attached hydrogen (secondary N) is 2. The number of urea groups is 1. The van der Waals surface area contributed by atoms with Crippen LogP contribution in [0.15, 0.2) is 18.2 Å². The Kier molecular flexibility index (Phi) is 4.84. The predicted molar refractivity (Wildman–Crippen MR) is 84.4 cm³/mol. The molecule has 1 aromatic carbocycles. The zero-order valence-electron chi connectivity index (χ0n) is 12.4. The van der Waals surface area contributed by atoms with Gasteiger partial charge in [-0.15, -0.1) is 0 Å². The minimum atomic E-state index is -0.384.